The van der Waals surface area contributed by atoms with Crippen LogP contribution < -0.4 is 0 Å². The van der Waals surface area contributed by atoms with E-state index >= 15 is 0 Å². The first-order valence-electron chi connectivity index (χ1n) is 8.25. The van der Waals surface area contributed by atoms with E-state index in [1.807, 2.05) is 45.0 Å². The van der Waals surface area contributed by atoms with Crippen molar-refractivity contribution in [1.29, 1.82) is 0 Å². The van der Waals surface area contributed by atoms with Crippen LogP contribution in [0.5, 0.6) is 11.5 Å². The molecule has 0 aliphatic heterocycles. The molecule has 2 N–H and O–H groups in total. The van der Waals surface area contributed by atoms with Crippen LogP contribution in [0.2, 0.25) is 0 Å². The zero-order valence-corrected chi connectivity index (χ0v) is 14.8. The number of hydrogen-bond donors (Lipinski definition) is 2. The molecular formula is C21H26O3. The number of rotatable bonds is 5. The van der Waals surface area contributed by atoms with Crippen molar-refractivity contribution >= 4 is 5.78 Å². The monoisotopic (exact) mass is 326 g/mol. The molecule has 0 saturated carbocycles. The summed E-state index contributed by atoms with van der Waals surface area (Å²) in [5.41, 5.74) is 1.34. The van der Waals surface area contributed by atoms with E-state index in [-0.39, 0.29) is 28.1 Å². The van der Waals surface area contributed by atoms with Gasteiger partial charge < -0.3 is 10.2 Å². The predicted octanol–water partition coefficient (Wildman–Crippen LogP) is 4.80. The summed E-state index contributed by atoms with van der Waals surface area (Å²) in [5, 5.41) is 19.1. The zero-order valence-electron chi connectivity index (χ0n) is 14.8. The topological polar surface area (TPSA) is 57.5 Å². The Morgan fingerprint density at radius 1 is 0.792 bits per heavy atom. The van der Waals surface area contributed by atoms with E-state index in [1.165, 1.54) is 0 Å². The number of ketones is 1. The van der Waals surface area contributed by atoms with Crippen LogP contribution in [-0.4, -0.2) is 16.0 Å². The summed E-state index contributed by atoms with van der Waals surface area (Å²) < 4.78 is 0. The maximum atomic E-state index is 12.4. The van der Waals surface area contributed by atoms with Gasteiger partial charge in [0.25, 0.3) is 0 Å². The third-order valence-electron chi connectivity index (χ3n) is 4.70. The van der Waals surface area contributed by atoms with Crippen LogP contribution in [0.4, 0.5) is 0 Å². The van der Waals surface area contributed by atoms with Crippen molar-refractivity contribution in [2.24, 2.45) is 5.41 Å². The van der Waals surface area contributed by atoms with Gasteiger partial charge in [-0.3, -0.25) is 4.79 Å². The maximum absolute atomic E-state index is 12.4. The standard InChI is InChI=1S/C21H26O3/c1-20(2,3)19(24)13-14-21(4,15-5-9-17(22)10-6-15)16-7-11-18(23)12-8-16/h5-12,22-23H,13-14H2,1-4H3. The Balaban J connectivity index is 2.39. The minimum Gasteiger partial charge on any atom is -0.508 e. The fourth-order valence-corrected chi connectivity index (χ4v) is 2.85. The summed E-state index contributed by atoms with van der Waals surface area (Å²) in [4.78, 5) is 12.4. The average Bonchev–Trinajstić information content (AvgIpc) is 2.52. The number of Topliss-reactive ketones (excluding diaryl/α,β-unsaturated/α-hetero) is 1. The lowest BCUT2D eigenvalue weighted by Crippen LogP contribution is -2.28. The lowest BCUT2D eigenvalue weighted by Gasteiger charge is -2.32. The molecule has 3 heteroatoms. The molecule has 128 valence electrons. The van der Waals surface area contributed by atoms with Gasteiger partial charge >= 0.3 is 0 Å². The highest BCUT2D eigenvalue weighted by molar-refractivity contribution is 5.83. The van der Waals surface area contributed by atoms with Gasteiger partial charge in [0, 0.05) is 17.3 Å². The Kier molecular flexibility index (Phi) is 5.02. The molecular weight excluding hydrogens is 300 g/mol. The fraction of sp³-hybridized carbons (Fsp3) is 0.381. The summed E-state index contributed by atoms with van der Waals surface area (Å²) in [7, 11) is 0. The molecule has 0 aliphatic rings. The minimum absolute atomic E-state index is 0.220. The molecule has 0 saturated heterocycles. The molecule has 0 spiro atoms. The van der Waals surface area contributed by atoms with Crippen LogP contribution in [0.25, 0.3) is 0 Å². The second-order valence-electron chi connectivity index (χ2n) is 7.60. The third kappa shape index (κ3) is 3.97. The maximum Gasteiger partial charge on any atom is 0.138 e. The molecule has 0 unspecified atom stereocenters. The summed E-state index contributed by atoms with van der Waals surface area (Å²) >= 11 is 0. The van der Waals surface area contributed by atoms with Gasteiger partial charge in [-0.15, -0.1) is 0 Å². The Hall–Kier alpha value is -2.29. The van der Waals surface area contributed by atoms with Gasteiger partial charge in [-0.05, 0) is 41.8 Å². The lowest BCUT2D eigenvalue weighted by molar-refractivity contribution is -0.126. The van der Waals surface area contributed by atoms with Gasteiger partial charge in [0.05, 0.1) is 0 Å². The first kappa shape index (κ1) is 18.1. The van der Waals surface area contributed by atoms with Crippen molar-refractivity contribution in [2.45, 2.75) is 46.0 Å². The Morgan fingerprint density at radius 3 is 1.50 bits per heavy atom. The highest BCUT2D eigenvalue weighted by atomic mass is 16.3. The molecule has 0 aromatic heterocycles. The van der Waals surface area contributed by atoms with E-state index < -0.39 is 0 Å². The SMILES string of the molecule is CC(C)(C)C(=O)CCC(C)(c1ccc(O)cc1)c1ccc(O)cc1. The number of carbonyl (C=O) groups excluding carboxylic acids is 1. The molecule has 0 heterocycles. The Labute approximate surface area is 144 Å². The van der Waals surface area contributed by atoms with E-state index in [4.69, 9.17) is 0 Å². The number of carbonyl (C=O) groups is 1. The predicted molar refractivity (Wildman–Crippen MR) is 96.4 cm³/mol. The van der Waals surface area contributed by atoms with Crippen LogP contribution in [0.3, 0.4) is 0 Å². The number of hydrogen-bond acceptors (Lipinski definition) is 3. The van der Waals surface area contributed by atoms with Gasteiger partial charge in [0.2, 0.25) is 0 Å². The van der Waals surface area contributed by atoms with Crippen molar-refractivity contribution in [3.05, 3.63) is 59.7 Å². The molecule has 2 aromatic rings. The van der Waals surface area contributed by atoms with Crippen molar-refractivity contribution in [2.75, 3.05) is 0 Å². The first-order valence-corrected chi connectivity index (χ1v) is 8.25. The molecule has 2 rings (SSSR count). The minimum atomic E-state index is -0.373. The molecule has 0 amide bonds. The van der Waals surface area contributed by atoms with Crippen LogP contribution in [0.1, 0.15) is 51.7 Å². The average molecular weight is 326 g/mol. The third-order valence-corrected chi connectivity index (χ3v) is 4.70. The van der Waals surface area contributed by atoms with Crippen molar-refractivity contribution < 1.29 is 15.0 Å². The highest BCUT2D eigenvalue weighted by Crippen LogP contribution is 2.38. The van der Waals surface area contributed by atoms with Gasteiger partial charge in [-0.1, -0.05) is 52.0 Å². The number of phenolic OH excluding ortho intramolecular Hbond substituents is 2. The van der Waals surface area contributed by atoms with Crippen LogP contribution in [0, 0.1) is 5.41 Å². The van der Waals surface area contributed by atoms with E-state index in [2.05, 4.69) is 6.92 Å². The summed E-state index contributed by atoms with van der Waals surface area (Å²) in [6, 6.07) is 14.2. The molecule has 0 aliphatic carbocycles. The summed E-state index contributed by atoms with van der Waals surface area (Å²) in [5.74, 6) is 0.668. The number of aromatic hydroxyl groups is 2. The highest BCUT2D eigenvalue weighted by Gasteiger charge is 2.31. The Bertz CT molecular complexity index is 646. The molecule has 24 heavy (non-hydrogen) atoms. The molecule has 0 atom stereocenters. The van der Waals surface area contributed by atoms with Gasteiger partial charge in [0.15, 0.2) is 0 Å². The van der Waals surface area contributed by atoms with Gasteiger partial charge in [-0.2, -0.15) is 0 Å². The summed E-state index contributed by atoms with van der Waals surface area (Å²) in [6.07, 6.45) is 1.14. The fourth-order valence-electron chi connectivity index (χ4n) is 2.85. The molecule has 2 aromatic carbocycles. The lowest BCUT2D eigenvalue weighted by atomic mass is 9.71. The zero-order chi connectivity index (χ0) is 18.0. The second-order valence-corrected chi connectivity index (χ2v) is 7.60. The molecule has 0 bridgehead atoms. The van der Waals surface area contributed by atoms with Crippen molar-refractivity contribution in [3.63, 3.8) is 0 Å². The van der Waals surface area contributed by atoms with Gasteiger partial charge in [0.1, 0.15) is 17.3 Å². The molecule has 3 nitrogen and oxygen atoms in total. The number of phenols is 2. The molecule has 0 fully saturated rings. The Morgan fingerprint density at radius 2 is 1.17 bits per heavy atom. The second kappa shape index (κ2) is 6.68. The van der Waals surface area contributed by atoms with E-state index in [9.17, 15) is 15.0 Å². The van der Waals surface area contributed by atoms with E-state index in [0.717, 1.165) is 11.1 Å². The van der Waals surface area contributed by atoms with Crippen molar-refractivity contribution in [3.8, 4) is 11.5 Å². The van der Waals surface area contributed by atoms with E-state index in [1.54, 1.807) is 24.3 Å². The first-order chi connectivity index (χ1) is 11.1. The number of benzene rings is 2. The van der Waals surface area contributed by atoms with E-state index in [0.29, 0.717) is 12.8 Å². The van der Waals surface area contributed by atoms with Gasteiger partial charge in [-0.25, -0.2) is 0 Å². The quantitative estimate of drug-likeness (QED) is 0.830. The molecule has 0 radical (unpaired) electrons. The van der Waals surface area contributed by atoms with Crippen LogP contribution in [-0.2, 0) is 10.2 Å². The largest absolute Gasteiger partial charge is 0.508 e. The smallest absolute Gasteiger partial charge is 0.138 e. The van der Waals surface area contributed by atoms with Crippen molar-refractivity contribution in [1.82, 2.24) is 0 Å². The van der Waals surface area contributed by atoms with Crippen LogP contribution >= 0.6 is 0 Å². The van der Waals surface area contributed by atoms with Crippen LogP contribution in [0.15, 0.2) is 48.5 Å². The normalized spacial score (nSPS) is 12.2. The summed E-state index contributed by atoms with van der Waals surface area (Å²) in [6.45, 7) is 7.91.